The Labute approximate surface area is 161 Å². The molecule has 2 unspecified atom stereocenters. The number of benzene rings is 1. The first-order valence-corrected chi connectivity index (χ1v) is 10.1. The van der Waals surface area contributed by atoms with Crippen LogP contribution in [0.3, 0.4) is 0 Å². The second-order valence-electron chi connectivity index (χ2n) is 7.83. The Balaban J connectivity index is 1.51. The molecule has 2 saturated heterocycles. The topological polar surface area (TPSA) is 70.7 Å². The van der Waals surface area contributed by atoms with Gasteiger partial charge in [0.05, 0.1) is 6.10 Å². The highest BCUT2D eigenvalue weighted by molar-refractivity contribution is 5.96. The number of aryl methyl sites for hydroxylation is 1. The van der Waals surface area contributed by atoms with E-state index < -0.39 is 0 Å². The molecule has 0 aliphatic carbocycles. The first-order valence-electron chi connectivity index (χ1n) is 10.1. The molecule has 0 saturated carbocycles. The van der Waals surface area contributed by atoms with Crippen LogP contribution in [-0.4, -0.2) is 49.2 Å². The molecular formula is C21H31N3O3. The lowest BCUT2D eigenvalue weighted by Crippen LogP contribution is -2.39. The Morgan fingerprint density at radius 3 is 2.81 bits per heavy atom. The standard InChI is InChI=1S/C21H31N3O3/c1-15-5-3-11-24(14-15)20(25)17-7-8-19(16(2)13-17)23-21(26)22-10-9-18-6-4-12-27-18/h7-8,13,15,18H,3-6,9-12,14H2,1-2H3,(H2,22,23,26). The van der Waals surface area contributed by atoms with Gasteiger partial charge in [-0.3, -0.25) is 4.79 Å². The molecule has 2 atom stereocenters. The van der Waals surface area contributed by atoms with Gasteiger partial charge in [-0.25, -0.2) is 4.79 Å². The van der Waals surface area contributed by atoms with Crippen molar-refractivity contribution in [3.63, 3.8) is 0 Å². The predicted molar refractivity (Wildman–Crippen MR) is 106 cm³/mol. The predicted octanol–water partition coefficient (Wildman–Crippen LogP) is 3.56. The van der Waals surface area contributed by atoms with E-state index >= 15 is 0 Å². The molecule has 148 valence electrons. The first kappa shape index (κ1) is 19.7. The van der Waals surface area contributed by atoms with Crippen LogP contribution in [-0.2, 0) is 4.74 Å². The van der Waals surface area contributed by atoms with Gasteiger partial charge in [-0.1, -0.05) is 6.92 Å². The number of rotatable bonds is 5. The molecule has 6 nitrogen and oxygen atoms in total. The summed E-state index contributed by atoms with van der Waals surface area (Å²) < 4.78 is 5.56. The summed E-state index contributed by atoms with van der Waals surface area (Å²) in [5.41, 5.74) is 2.30. The van der Waals surface area contributed by atoms with Gasteiger partial charge in [0.15, 0.2) is 0 Å². The average molecular weight is 373 g/mol. The van der Waals surface area contributed by atoms with E-state index in [0.717, 1.165) is 56.6 Å². The van der Waals surface area contributed by atoms with Crippen molar-refractivity contribution < 1.29 is 14.3 Å². The molecule has 0 bridgehead atoms. The maximum absolute atomic E-state index is 12.7. The molecule has 2 aliphatic rings. The van der Waals surface area contributed by atoms with Crippen LogP contribution in [0.4, 0.5) is 10.5 Å². The largest absolute Gasteiger partial charge is 0.378 e. The number of amides is 3. The van der Waals surface area contributed by atoms with E-state index in [4.69, 9.17) is 4.74 Å². The Hall–Kier alpha value is -2.08. The maximum Gasteiger partial charge on any atom is 0.319 e. The van der Waals surface area contributed by atoms with Crippen LogP contribution in [0.1, 0.15) is 54.9 Å². The Morgan fingerprint density at radius 2 is 2.11 bits per heavy atom. The zero-order valence-electron chi connectivity index (χ0n) is 16.4. The van der Waals surface area contributed by atoms with Crippen LogP contribution in [0.15, 0.2) is 18.2 Å². The Kier molecular flexibility index (Phi) is 6.72. The van der Waals surface area contributed by atoms with E-state index in [1.807, 2.05) is 24.0 Å². The minimum atomic E-state index is -0.222. The lowest BCUT2D eigenvalue weighted by molar-refractivity contribution is 0.0683. The fourth-order valence-corrected chi connectivity index (χ4v) is 3.88. The van der Waals surface area contributed by atoms with Crippen LogP contribution < -0.4 is 10.6 Å². The van der Waals surface area contributed by atoms with Crippen molar-refractivity contribution in [2.45, 2.75) is 52.1 Å². The van der Waals surface area contributed by atoms with Crippen molar-refractivity contribution in [2.24, 2.45) is 5.92 Å². The molecule has 0 aromatic heterocycles. The number of hydrogen-bond acceptors (Lipinski definition) is 3. The molecule has 2 N–H and O–H groups in total. The number of urea groups is 1. The lowest BCUT2D eigenvalue weighted by Gasteiger charge is -2.31. The van der Waals surface area contributed by atoms with E-state index in [2.05, 4.69) is 17.6 Å². The second kappa shape index (κ2) is 9.22. The number of nitrogens with zero attached hydrogens (tertiary/aromatic N) is 1. The van der Waals surface area contributed by atoms with E-state index in [0.29, 0.717) is 18.0 Å². The van der Waals surface area contributed by atoms with Gasteiger partial charge >= 0.3 is 6.03 Å². The smallest absolute Gasteiger partial charge is 0.319 e. The van der Waals surface area contributed by atoms with Gasteiger partial charge < -0.3 is 20.3 Å². The summed E-state index contributed by atoms with van der Waals surface area (Å²) in [6.07, 6.45) is 5.56. The van der Waals surface area contributed by atoms with Gasteiger partial charge in [-0.15, -0.1) is 0 Å². The molecule has 2 aliphatic heterocycles. The molecule has 3 amide bonds. The van der Waals surface area contributed by atoms with Gasteiger partial charge in [0.1, 0.15) is 0 Å². The average Bonchev–Trinajstić information content (AvgIpc) is 3.16. The van der Waals surface area contributed by atoms with Crippen LogP contribution >= 0.6 is 0 Å². The van der Waals surface area contributed by atoms with Gasteiger partial charge in [0.25, 0.3) is 5.91 Å². The van der Waals surface area contributed by atoms with Crippen LogP contribution in [0, 0.1) is 12.8 Å². The molecule has 1 aromatic rings. The Bertz CT molecular complexity index is 671. The fraction of sp³-hybridized carbons (Fsp3) is 0.619. The molecular weight excluding hydrogens is 342 g/mol. The van der Waals surface area contributed by atoms with Gasteiger partial charge in [0.2, 0.25) is 0 Å². The minimum Gasteiger partial charge on any atom is -0.378 e. The van der Waals surface area contributed by atoms with E-state index in [-0.39, 0.29) is 18.0 Å². The minimum absolute atomic E-state index is 0.0808. The summed E-state index contributed by atoms with van der Waals surface area (Å²) in [4.78, 5) is 26.8. The number of carbonyl (C=O) groups excluding carboxylic acids is 2. The molecule has 2 fully saturated rings. The van der Waals surface area contributed by atoms with Crippen molar-refractivity contribution in [1.82, 2.24) is 10.2 Å². The third-order valence-corrected chi connectivity index (χ3v) is 5.44. The summed E-state index contributed by atoms with van der Waals surface area (Å²) in [5, 5.41) is 5.75. The summed E-state index contributed by atoms with van der Waals surface area (Å²) in [6.45, 7) is 7.18. The normalized spacial score (nSPS) is 22.5. The third kappa shape index (κ3) is 5.45. The third-order valence-electron chi connectivity index (χ3n) is 5.44. The van der Waals surface area contributed by atoms with Crippen molar-refractivity contribution in [2.75, 3.05) is 31.6 Å². The van der Waals surface area contributed by atoms with Crippen molar-refractivity contribution >= 4 is 17.6 Å². The van der Waals surface area contributed by atoms with Crippen molar-refractivity contribution in [1.29, 1.82) is 0 Å². The molecule has 2 heterocycles. The number of nitrogens with one attached hydrogen (secondary N) is 2. The van der Waals surface area contributed by atoms with Crippen molar-refractivity contribution in [3.8, 4) is 0 Å². The summed E-state index contributed by atoms with van der Waals surface area (Å²) in [5.74, 6) is 0.639. The first-order chi connectivity index (χ1) is 13.0. The highest BCUT2D eigenvalue weighted by atomic mass is 16.5. The van der Waals surface area contributed by atoms with Gasteiger partial charge in [-0.05, 0) is 68.7 Å². The molecule has 6 heteroatoms. The van der Waals surface area contributed by atoms with Crippen LogP contribution in [0.2, 0.25) is 0 Å². The number of hydrogen-bond donors (Lipinski definition) is 2. The molecule has 1 aromatic carbocycles. The number of anilines is 1. The van der Waals surface area contributed by atoms with Crippen LogP contribution in [0.5, 0.6) is 0 Å². The van der Waals surface area contributed by atoms with Gasteiger partial charge in [-0.2, -0.15) is 0 Å². The van der Waals surface area contributed by atoms with Crippen LogP contribution in [0.25, 0.3) is 0 Å². The molecule has 0 radical (unpaired) electrons. The summed E-state index contributed by atoms with van der Waals surface area (Å²) in [7, 11) is 0. The number of likely N-dealkylation sites (tertiary alicyclic amines) is 1. The van der Waals surface area contributed by atoms with Gasteiger partial charge in [0, 0.05) is 37.5 Å². The highest BCUT2D eigenvalue weighted by Gasteiger charge is 2.22. The van der Waals surface area contributed by atoms with E-state index in [1.165, 1.54) is 6.42 Å². The SMILES string of the molecule is Cc1cc(C(=O)N2CCCC(C)C2)ccc1NC(=O)NCCC1CCCO1. The Morgan fingerprint density at radius 1 is 1.26 bits per heavy atom. The van der Waals surface area contributed by atoms with E-state index in [9.17, 15) is 9.59 Å². The zero-order valence-corrected chi connectivity index (χ0v) is 16.4. The quantitative estimate of drug-likeness (QED) is 0.829. The second-order valence-corrected chi connectivity index (χ2v) is 7.83. The number of carbonyl (C=O) groups is 2. The zero-order chi connectivity index (χ0) is 19.2. The maximum atomic E-state index is 12.7. The van der Waals surface area contributed by atoms with Crippen molar-refractivity contribution in [3.05, 3.63) is 29.3 Å². The molecule has 0 spiro atoms. The highest BCUT2D eigenvalue weighted by Crippen LogP contribution is 2.21. The number of ether oxygens (including phenoxy) is 1. The summed E-state index contributed by atoms with van der Waals surface area (Å²) >= 11 is 0. The lowest BCUT2D eigenvalue weighted by atomic mass is 9.99. The molecule has 3 rings (SSSR count). The number of piperidine rings is 1. The monoisotopic (exact) mass is 373 g/mol. The fourth-order valence-electron chi connectivity index (χ4n) is 3.88. The van der Waals surface area contributed by atoms with E-state index in [1.54, 1.807) is 6.07 Å². The molecule has 27 heavy (non-hydrogen) atoms. The summed E-state index contributed by atoms with van der Waals surface area (Å²) in [6, 6.07) is 5.26.